The molecule has 4 heteroatoms. The highest BCUT2D eigenvalue weighted by molar-refractivity contribution is 8.85. The molecule has 0 aliphatic heterocycles. The molecule has 0 N–H and O–H groups in total. The third kappa shape index (κ3) is 4.56. The molecule has 18 heavy (non-hydrogen) atoms. The number of benzene rings is 2. The molecule has 2 aromatic rings. The second-order valence-electron chi connectivity index (χ2n) is 4.04. The van der Waals surface area contributed by atoms with Gasteiger partial charge in [0.25, 0.3) is 0 Å². The van der Waals surface area contributed by atoms with E-state index in [0.29, 0.717) is 6.16 Å². The first-order valence-electron chi connectivity index (χ1n) is 5.70. The summed E-state index contributed by atoms with van der Waals surface area (Å²) in [5.74, 6) is 0.744. The minimum Gasteiger partial charge on any atom is -0.300 e. The minimum absolute atomic E-state index is 0.536. The molecule has 0 fully saturated rings. The monoisotopic (exact) mass is 294 g/mol. The molecule has 94 valence electrons. The predicted molar refractivity (Wildman–Crippen MR) is 84.5 cm³/mol. The molecule has 0 saturated carbocycles. The van der Waals surface area contributed by atoms with Crippen LogP contribution in [0.2, 0.25) is 0 Å². The van der Waals surface area contributed by atoms with Gasteiger partial charge < -0.3 is 4.57 Å². The van der Waals surface area contributed by atoms with Crippen LogP contribution in [0.25, 0.3) is 0 Å². The first kappa shape index (κ1) is 13.8. The van der Waals surface area contributed by atoms with Crippen molar-refractivity contribution in [3.63, 3.8) is 0 Å². The lowest BCUT2D eigenvalue weighted by atomic mass is 10.2. The molecule has 0 bridgehead atoms. The van der Waals surface area contributed by atoms with E-state index in [0.717, 1.165) is 11.3 Å². The number of hydrogen-bond donors (Lipinski definition) is 1. The predicted octanol–water partition coefficient (Wildman–Crippen LogP) is 5.24. The Hall–Kier alpha value is -0.630. The van der Waals surface area contributed by atoms with Crippen LogP contribution in [-0.4, -0.2) is 0 Å². The highest BCUT2D eigenvalue weighted by Gasteiger charge is 2.17. The second kappa shape index (κ2) is 6.51. The second-order valence-corrected chi connectivity index (χ2v) is 11.5. The van der Waals surface area contributed by atoms with Gasteiger partial charge in [-0.3, -0.25) is 0 Å². The maximum absolute atomic E-state index is 12.4. The van der Waals surface area contributed by atoms with Crippen molar-refractivity contribution in [1.29, 1.82) is 0 Å². The molecule has 1 atom stereocenters. The van der Waals surface area contributed by atoms with Gasteiger partial charge in [0.15, 0.2) is 5.55 Å². The molecule has 0 radical (unpaired) electrons. The Morgan fingerprint density at radius 3 is 1.94 bits per heavy atom. The SMILES string of the molecule is O=P(S)(Cc1ccccc1)SCc1ccccc1. The summed E-state index contributed by atoms with van der Waals surface area (Å²) in [7, 11) is 0. The Bertz CT molecular complexity index is 528. The number of hydrogen-bond acceptors (Lipinski definition) is 2. The van der Waals surface area contributed by atoms with Crippen molar-refractivity contribution in [2.75, 3.05) is 0 Å². The summed E-state index contributed by atoms with van der Waals surface area (Å²) in [5, 5.41) is 0. The van der Waals surface area contributed by atoms with E-state index in [9.17, 15) is 4.57 Å². The van der Waals surface area contributed by atoms with Gasteiger partial charge in [-0.15, -0.1) is 12.2 Å². The lowest BCUT2D eigenvalue weighted by molar-refractivity contribution is 0.593. The van der Waals surface area contributed by atoms with E-state index in [2.05, 4.69) is 12.2 Å². The lowest BCUT2D eigenvalue weighted by Gasteiger charge is -2.11. The van der Waals surface area contributed by atoms with Crippen LogP contribution in [0.3, 0.4) is 0 Å². The molecule has 0 aliphatic rings. The van der Waals surface area contributed by atoms with Crippen LogP contribution in [0.4, 0.5) is 0 Å². The Morgan fingerprint density at radius 2 is 1.39 bits per heavy atom. The minimum atomic E-state index is -2.47. The number of thiol groups is 1. The van der Waals surface area contributed by atoms with Gasteiger partial charge in [-0.1, -0.05) is 72.0 Å². The summed E-state index contributed by atoms with van der Waals surface area (Å²) in [6.45, 7) is 0. The Morgan fingerprint density at radius 1 is 0.889 bits per heavy atom. The molecule has 0 aromatic heterocycles. The average molecular weight is 294 g/mol. The van der Waals surface area contributed by atoms with Gasteiger partial charge in [-0.25, -0.2) is 0 Å². The molecular weight excluding hydrogens is 279 g/mol. The molecule has 0 heterocycles. The van der Waals surface area contributed by atoms with Gasteiger partial charge in [-0.05, 0) is 11.1 Å². The van der Waals surface area contributed by atoms with Crippen molar-refractivity contribution in [2.24, 2.45) is 0 Å². The molecule has 0 aliphatic carbocycles. The van der Waals surface area contributed by atoms with Crippen LogP contribution in [0.15, 0.2) is 60.7 Å². The van der Waals surface area contributed by atoms with Crippen LogP contribution in [0, 0.1) is 0 Å². The highest BCUT2D eigenvalue weighted by atomic mass is 33.1. The third-order valence-corrected chi connectivity index (χ3v) is 7.58. The van der Waals surface area contributed by atoms with Crippen molar-refractivity contribution in [1.82, 2.24) is 0 Å². The number of rotatable bonds is 5. The molecule has 1 nitrogen and oxygen atoms in total. The summed E-state index contributed by atoms with van der Waals surface area (Å²) in [6.07, 6.45) is 0.536. The van der Waals surface area contributed by atoms with Gasteiger partial charge in [0.05, 0.1) is 0 Å². The van der Waals surface area contributed by atoms with Crippen LogP contribution in [0.1, 0.15) is 11.1 Å². The third-order valence-electron chi connectivity index (χ3n) is 2.50. The van der Waals surface area contributed by atoms with Gasteiger partial charge in [0, 0.05) is 11.9 Å². The fourth-order valence-electron chi connectivity index (χ4n) is 1.61. The van der Waals surface area contributed by atoms with Crippen LogP contribution in [0.5, 0.6) is 0 Å². The van der Waals surface area contributed by atoms with Crippen LogP contribution >= 0.6 is 29.2 Å². The molecule has 2 aromatic carbocycles. The lowest BCUT2D eigenvalue weighted by Crippen LogP contribution is -1.83. The van der Waals surface area contributed by atoms with Crippen LogP contribution in [-0.2, 0) is 16.5 Å². The molecule has 2 rings (SSSR count). The zero-order chi connectivity index (χ0) is 12.8. The summed E-state index contributed by atoms with van der Waals surface area (Å²) < 4.78 is 12.4. The first-order chi connectivity index (χ1) is 8.66. The molecule has 0 spiro atoms. The quantitative estimate of drug-likeness (QED) is 0.599. The van der Waals surface area contributed by atoms with E-state index in [1.165, 1.54) is 16.9 Å². The average Bonchev–Trinajstić information content (AvgIpc) is 2.38. The van der Waals surface area contributed by atoms with Crippen molar-refractivity contribution >= 4 is 29.2 Å². The molecule has 0 amide bonds. The molecule has 0 saturated heterocycles. The van der Waals surface area contributed by atoms with Crippen molar-refractivity contribution in [3.8, 4) is 0 Å². The van der Waals surface area contributed by atoms with Crippen molar-refractivity contribution in [2.45, 2.75) is 11.9 Å². The maximum atomic E-state index is 12.4. The van der Waals surface area contributed by atoms with E-state index in [4.69, 9.17) is 0 Å². The van der Waals surface area contributed by atoms with E-state index in [1.807, 2.05) is 60.7 Å². The van der Waals surface area contributed by atoms with E-state index in [-0.39, 0.29) is 0 Å². The largest absolute Gasteiger partial charge is 0.300 e. The summed E-state index contributed by atoms with van der Waals surface area (Å²) >= 11 is 5.79. The van der Waals surface area contributed by atoms with Crippen molar-refractivity contribution in [3.05, 3.63) is 71.8 Å². The summed E-state index contributed by atoms with van der Waals surface area (Å²) in [4.78, 5) is 0. The summed E-state index contributed by atoms with van der Waals surface area (Å²) in [5.41, 5.74) is -0.204. The summed E-state index contributed by atoms with van der Waals surface area (Å²) in [6, 6.07) is 19.9. The molecule has 1 unspecified atom stereocenters. The van der Waals surface area contributed by atoms with E-state index < -0.39 is 5.55 Å². The Kier molecular flexibility index (Phi) is 4.99. The van der Waals surface area contributed by atoms with E-state index in [1.54, 1.807) is 0 Å². The zero-order valence-electron chi connectivity index (χ0n) is 9.90. The zero-order valence-corrected chi connectivity index (χ0v) is 12.5. The standard InChI is InChI=1S/C14H15OPS2/c15-16(17,11-13-7-3-1-4-8-13)18-12-14-9-5-2-6-10-14/h1-10H,11-12H2,(H,15,17). The van der Waals surface area contributed by atoms with Gasteiger partial charge in [-0.2, -0.15) is 0 Å². The first-order valence-corrected chi connectivity index (χ1v) is 10.3. The molecular formula is C14H15OPS2. The van der Waals surface area contributed by atoms with Crippen LogP contribution < -0.4 is 0 Å². The van der Waals surface area contributed by atoms with Gasteiger partial charge >= 0.3 is 0 Å². The topological polar surface area (TPSA) is 17.1 Å². The van der Waals surface area contributed by atoms with Gasteiger partial charge in [0.2, 0.25) is 0 Å². The maximum Gasteiger partial charge on any atom is 0.192 e. The highest BCUT2D eigenvalue weighted by Crippen LogP contribution is 2.65. The van der Waals surface area contributed by atoms with Crippen molar-refractivity contribution < 1.29 is 4.57 Å². The fourth-order valence-corrected chi connectivity index (χ4v) is 5.70. The Labute approximate surface area is 117 Å². The Balaban J connectivity index is 1.94. The van der Waals surface area contributed by atoms with Gasteiger partial charge in [0.1, 0.15) is 0 Å². The normalized spacial score (nSPS) is 14.1. The fraction of sp³-hybridized carbons (Fsp3) is 0.143. The van der Waals surface area contributed by atoms with E-state index >= 15 is 0 Å². The smallest absolute Gasteiger partial charge is 0.192 e.